The topological polar surface area (TPSA) is 124 Å². The number of hydrogen-bond donors (Lipinski definition) is 5. The van der Waals surface area contributed by atoms with E-state index in [4.69, 9.17) is 4.18 Å². The lowest BCUT2D eigenvalue weighted by atomic mass is 10.0. The van der Waals surface area contributed by atoms with Gasteiger partial charge in [0.05, 0.1) is 24.8 Å². The number of hydrogen-bond acceptors (Lipinski definition) is 8. The van der Waals surface area contributed by atoms with Gasteiger partial charge in [-0.15, -0.1) is 0 Å². The first-order chi connectivity index (χ1) is 10.1. The summed E-state index contributed by atoms with van der Waals surface area (Å²) < 4.78 is 5.22. The number of aliphatic hydroxyl groups is 2. The highest BCUT2D eigenvalue weighted by atomic mass is 32.2. The molecule has 1 saturated heterocycles. The molecular weight excluding hydrogens is 296 g/mol. The Kier molecular flexibility index (Phi) is 4.00. The zero-order valence-corrected chi connectivity index (χ0v) is 12.0. The number of aromatic hydroxyl groups is 1. The zero-order chi connectivity index (χ0) is 15.0. The third kappa shape index (κ3) is 2.47. The number of nitrogens with one attached hydrogen (secondary N) is 2. The van der Waals surface area contributed by atoms with Gasteiger partial charge >= 0.3 is 0 Å². The van der Waals surface area contributed by atoms with Crippen LogP contribution in [-0.4, -0.2) is 61.4 Å². The summed E-state index contributed by atoms with van der Waals surface area (Å²) in [6.07, 6.45) is 2.75. The number of fused-ring (bicyclic) bond motifs is 1. The van der Waals surface area contributed by atoms with Crippen LogP contribution in [0.1, 0.15) is 11.6 Å². The molecule has 1 aliphatic rings. The van der Waals surface area contributed by atoms with Gasteiger partial charge in [0.2, 0.25) is 5.88 Å². The van der Waals surface area contributed by atoms with Crippen LogP contribution in [0.2, 0.25) is 0 Å². The Labute approximate surface area is 124 Å². The Morgan fingerprint density at radius 1 is 1.33 bits per heavy atom. The quantitative estimate of drug-likeness (QED) is 0.487. The summed E-state index contributed by atoms with van der Waals surface area (Å²) in [5.74, 6) is -0.151. The lowest BCUT2D eigenvalue weighted by Gasteiger charge is -2.14. The average Bonchev–Trinajstić information content (AvgIpc) is 3.02. The van der Waals surface area contributed by atoms with Crippen molar-refractivity contribution in [2.45, 2.75) is 24.3 Å². The van der Waals surface area contributed by atoms with Crippen molar-refractivity contribution < 1.29 is 19.5 Å². The highest BCUT2D eigenvalue weighted by Gasteiger charge is 2.43. The number of rotatable bonds is 4. The van der Waals surface area contributed by atoms with E-state index in [2.05, 4.69) is 20.3 Å². The molecule has 0 unspecified atom stereocenters. The summed E-state index contributed by atoms with van der Waals surface area (Å²) >= 11 is 1.20. The molecule has 1 aliphatic heterocycles. The van der Waals surface area contributed by atoms with Gasteiger partial charge < -0.3 is 29.8 Å². The molecule has 2 aromatic rings. The third-order valence-corrected chi connectivity index (χ3v) is 4.04. The Morgan fingerprint density at radius 2 is 2.14 bits per heavy atom. The molecular formula is C12H16N4O4S. The van der Waals surface area contributed by atoms with Crippen LogP contribution in [0.25, 0.3) is 11.0 Å². The molecule has 2 aromatic heterocycles. The zero-order valence-electron chi connectivity index (χ0n) is 11.2. The lowest BCUT2D eigenvalue weighted by Crippen LogP contribution is -2.36. The fraction of sp³-hybridized carbons (Fsp3) is 0.500. The summed E-state index contributed by atoms with van der Waals surface area (Å²) in [5, 5.41) is 33.1. The average molecular weight is 312 g/mol. The number of aliphatic hydroxyl groups excluding tert-OH is 2. The summed E-state index contributed by atoms with van der Waals surface area (Å²) in [6, 6.07) is -0.878. The van der Waals surface area contributed by atoms with Crippen LogP contribution in [0, 0.1) is 0 Å². The van der Waals surface area contributed by atoms with Crippen molar-refractivity contribution >= 4 is 23.1 Å². The molecule has 9 heteroatoms. The maximum absolute atomic E-state index is 10.2. The minimum absolute atomic E-state index is 0.151. The van der Waals surface area contributed by atoms with Crippen molar-refractivity contribution in [3.63, 3.8) is 0 Å². The molecule has 114 valence electrons. The molecule has 0 bridgehead atoms. The van der Waals surface area contributed by atoms with Crippen LogP contribution in [0.4, 0.5) is 0 Å². The monoisotopic (exact) mass is 312 g/mol. The predicted molar refractivity (Wildman–Crippen MR) is 76.7 cm³/mol. The highest BCUT2D eigenvalue weighted by molar-refractivity contribution is 7.93. The van der Waals surface area contributed by atoms with Crippen LogP contribution in [-0.2, 0) is 4.18 Å². The molecule has 3 rings (SSSR count). The normalized spacial score (nSPS) is 29.3. The molecule has 5 N–H and O–H groups in total. The standard InChI is InChI=1S/C12H16N4O4S/c1-21-20-3-6-10(17)11(18)8(16-6)5-2-13-9-7(5)14-4-15-12(9)19/h2,4,6,8,10-11,13,16-18H,3H2,1H3,(H,14,15,19)/t6-,8+,10-,11+/m1/s1. The van der Waals surface area contributed by atoms with Crippen molar-refractivity contribution in [3.8, 4) is 5.88 Å². The Balaban J connectivity index is 1.90. The van der Waals surface area contributed by atoms with Gasteiger partial charge in [-0.2, -0.15) is 0 Å². The first kappa shape index (κ1) is 14.5. The van der Waals surface area contributed by atoms with E-state index in [9.17, 15) is 15.3 Å². The molecule has 0 spiro atoms. The Hall–Kier alpha value is -1.39. The van der Waals surface area contributed by atoms with Crippen LogP contribution < -0.4 is 5.32 Å². The molecule has 3 heterocycles. The van der Waals surface area contributed by atoms with E-state index in [1.165, 1.54) is 18.4 Å². The highest BCUT2D eigenvalue weighted by Crippen LogP contribution is 2.33. The van der Waals surface area contributed by atoms with Gasteiger partial charge in [-0.25, -0.2) is 9.97 Å². The summed E-state index contributed by atoms with van der Waals surface area (Å²) in [7, 11) is 0. The van der Waals surface area contributed by atoms with Gasteiger partial charge in [0.1, 0.15) is 23.5 Å². The molecule has 21 heavy (non-hydrogen) atoms. The van der Waals surface area contributed by atoms with Crippen LogP contribution >= 0.6 is 12.0 Å². The van der Waals surface area contributed by atoms with E-state index in [1.54, 1.807) is 12.5 Å². The number of nitrogens with zero attached hydrogens (tertiary/aromatic N) is 2. The fourth-order valence-corrected chi connectivity index (χ4v) is 2.89. The van der Waals surface area contributed by atoms with E-state index in [1.807, 2.05) is 0 Å². The molecule has 0 aliphatic carbocycles. The first-order valence-electron chi connectivity index (χ1n) is 6.42. The molecule has 0 aromatic carbocycles. The smallest absolute Gasteiger partial charge is 0.239 e. The number of aromatic nitrogens is 3. The molecule has 8 nitrogen and oxygen atoms in total. The maximum Gasteiger partial charge on any atom is 0.239 e. The van der Waals surface area contributed by atoms with Gasteiger partial charge in [0.15, 0.2) is 0 Å². The van der Waals surface area contributed by atoms with Gasteiger partial charge in [0, 0.05) is 18.0 Å². The Morgan fingerprint density at radius 3 is 2.90 bits per heavy atom. The van der Waals surface area contributed by atoms with E-state index in [0.29, 0.717) is 16.6 Å². The molecule has 0 saturated carbocycles. The van der Waals surface area contributed by atoms with Crippen molar-refractivity contribution in [3.05, 3.63) is 18.1 Å². The van der Waals surface area contributed by atoms with E-state index in [-0.39, 0.29) is 18.5 Å². The van der Waals surface area contributed by atoms with Gasteiger partial charge in [-0.3, -0.25) is 0 Å². The van der Waals surface area contributed by atoms with Gasteiger partial charge in [-0.05, 0) is 12.0 Å². The van der Waals surface area contributed by atoms with Crippen molar-refractivity contribution in [1.82, 2.24) is 20.3 Å². The van der Waals surface area contributed by atoms with Crippen molar-refractivity contribution in [2.24, 2.45) is 0 Å². The molecule has 0 amide bonds. The fourth-order valence-electron chi connectivity index (χ4n) is 2.61. The summed E-state index contributed by atoms with van der Waals surface area (Å²) in [4.78, 5) is 10.7. The van der Waals surface area contributed by atoms with Crippen LogP contribution in [0.15, 0.2) is 12.5 Å². The SMILES string of the molecule is CSOC[C@H]1N[C@@H](c2c[nH]c3c(O)ncnc23)[C@H](O)[C@@H]1O. The van der Waals surface area contributed by atoms with Crippen LogP contribution in [0.5, 0.6) is 5.88 Å². The second-order valence-corrected chi connectivity index (χ2v) is 5.42. The van der Waals surface area contributed by atoms with E-state index >= 15 is 0 Å². The van der Waals surface area contributed by atoms with Crippen molar-refractivity contribution in [1.29, 1.82) is 0 Å². The third-order valence-electron chi connectivity index (χ3n) is 3.67. The molecule has 1 fully saturated rings. The summed E-state index contributed by atoms with van der Waals surface area (Å²) in [6.45, 7) is 0.276. The molecule has 4 atom stereocenters. The van der Waals surface area contributed by atoms with Crippen molar-refractivity contribution in [2.75, 3.05) is 12.9 Å². The molecule has 0 radical (unpaired) electrons. The number of aromatic amines is 1. The van der Waals surface area contributed by atoms with Gasteiger partial charge in [-0.1, -0.05) is 0 Å². The minimum atomic E-state index is -0.989. The van der Waals surface area contributed by atoms with Gasteiger partial charge in [0.25, 0.3) is 0 Å². The first-order valence-corrected chi connectivity index (χ1v) is 7.57. The summed E-state index contributed by atoms with van der Waals surface area (Å²) in [5.41, 5.74) is 1.58. The minimum Gasteiger partial charge on any atom is -0.492 e. The van der Waals surface area contributed by atoms with E-state index < -0.39 is 18.2 Å². The second kappa shape index (κ2) is 5.78. The lowest BCUT2D eigenvalue weighted by molar-refractivity contribution is 0.0226. The van der Waals surface area contributed by atoms with Crippen LogP contribution in [0.3, 0.4) is 0 Å². The Bertz CT molecular complexity index is 637. The second-order valence-electron chi connectivity index (χ2n) is 4.85. The largest absolute Gasteiger partial charge is 0.492 e. The van der Waals surface area contributed by atoms with E-state index in [0.717, 1.165) is 0 Å². The predicted octanol–water partition coefficient (Wildman–Crippen LogP) is -0.307. The maximum atomic E-state index is 10.2. The number of H-pyrrole nitrogens is 1.